The third kappa shape index (κ3) is 1.47. The molecule has 0 unspecified atom stereocenters. The van der Waals surface area contributed by atoms with Gasteiger partial charge in [0.1, 0.15) is 7.14 Å². The summed E-state index contributed by atoms with van der Waals surface area (Å²) in [6, 6.07) is 5.81. The second kappa shape index (κ2) is 3.11. The predicted molar refractivity (Wildman–Crippen MR) is 65.3 cm³/mol. The van der Waals surface area contributed by atoms with Gasteiger partial charge in [-0.2, -0.15) is 0 Å². The maximum atomic E-state index is 12.1. The van der Waals surface area contributed by atoms with Gasteiger partial charge < -0.3 is 10.3 Å². The minimum absolute atomic E-state index is 0.643. The third-order valence-corrected chi connectivity index (χ3v) is 4.63. The predicted octanol–water partition coefficient (Wildman–Crippen LogP) is 2.73. The van der Waals surface area contributed by atoms with Gasteiger partial charge in [-0.1, -0.05) is 0 Å². The number of thiophene rings is 1. The highest BCUT2D eigenvalue weighted by Crippen LogP contribution is 2.41. The molecular weight excluding hydrogens is 213 g/mol. The fraction of sp³-hybridized carbons (Fsp3) is 0.200. The van der Waals surface area contributed by atoms with Crippen LogP contribution >= 0.6 is 18.5 Å². The molecule has 0 saturated heterocycles. The molecule has 0 fully saturated rings. The van der Waals surface area contributed by atoms with E-state index in [2.05, 4.69) is 0 Å². The summed E-state index contributed by atoms with van der Waals surface area (Å²) in [5, 5.41) is 3.88. The van der Waals surface area contributed by atoms with Crippen molar-refractivity contribution < 1.29 is 4.57 Å². The zero-order valence-corrected chi connectivity index (χ0v) is 9.86. The van der Waals surface area contributed by atoms with E-state index in [1.807, 2.05) is 23.6 Å². The van der Waals surface area contributed by atoms with Crippen molar-refractivity contribution in [1.82, 2.24) is 0 Å². The fourth-order valence-corrected chi connectivity index (χ4v) is 3.99. The van der Waals surface area contributed by atoms with Crippen LogP contribution in [0.4, 0.5) is 5.69 Å². The molecule has 1 aromatic carbocycles. The number of nitrogen functional groups attached to an aromatic ring is 1. The summed E-state index contributed by atoms with van der Waals surface area (Å²) in [6.07, 6.45) is 0. The molecule has 2 aromatic rings. The van der Waals surface area contributed by atoms with Crippen LogP contribution < -0.4 is 11.0 Å². The molecular formula is C10H12NOPS. The molecule has 2 N–H and O–H groups in total. The largest absolute Gasteiger partial charge is 0.398 e. The van der Waals surface area contributed by atoms with Crippen LogP contribution in [0.15, 0.2) is 23.6 Å². The van der Waals surface area contributed by atoms with Gasteiger partial charge >= 0.3 is 0 Å². The first-order valence-corrected chi connectivity index (χ1v) is 7.79. The summed E-state index contributed by atoms with van der Waals surface area (Å²) in [6.45, 7) is 3.52. The highest BCUT2D eigenvalue weighted by atomic mass is 32.1. The quantitative estimate of drug-likeness (QED) is 0.599. The number of rotatable bonds is 1. The molecule has 0 aliphatic heterocycles. The molecule has 0 aliphatic carbocycles. The van der Waals surface area contributed by atoms with Crippen molar-refractivity contribution in [3.05, 3.63) is 23.6 Å². The van der Waals surface area contributed by atoms with Crippen LogP contribution in [0.1, 0.15) is 0 Å². The molecule has 0 saturated carbocycles. The molecule has 4 heteroatoms. The molecule has 0 aliphatic rings. The maximum Gasteiger partial charge on any atom is 0.112 e. The van der Waals surface area contributed by atoms with Crippen LogP contribution in [0.3, 0.4) is 0 Å². The van der Waals surface area contributed by atoms with E-state index in [4.69, 9.17) is 5.73 Å². The van der Waals surface area contributed by atoms with Gasteiger partial charge in [-0.15, -0.1) is 11.3 Å². The van der Waals surface area contributed by atoms with Crippen molar-refractivity contribution in [2.75, 3.05) is 19.1 Å². The van der Waals surface area contributed by atoms with Gasteiger partial charge in [0.15, 0.2) is 0 Å². The Morgan fingerprint density at radius 1 is 1.29 bits per heavy atom. The SMILES string of the molecule is CP(C)(=O)c1c(N)ccc2sccc12. The normalized spacial score (nSPS) is 12.1. The second-order valence-corrected chi connectivity index (χ2v) is 7.78. The lowest BCUT2D eigenvalue weighted by atomic mass is 10.2. The van der Waals surface area contributed by atoms with Crippen molar-refractivity contribution in [2.24, 2.45) is 0 Å². The average molecular weight is 225 g/mol. The molecule has 0 atom stereocenters. The van der Waals surface area contributed by atoms with E-state index in [9.17, 15) is 4.57 Å². The topological polar surface area (TPSA) is 43.1 Å². The first-order chi connectivity index (χ1) is 6.50. The monoisotopic (exact) mass is 225 g/mol. The zero-order chi connectivity index (χ0) is 10.3. The van der Waals surface area contributed by atoms with Crippen molar-refractivity contribution in [1.29, 1.82) is 0 Å². The molecule has 14 heavy (non-hydrogen) atoms. The van der Waals surface area contributed by atoms with E-state index < -0.39 is 7.14 Å². The van der Waals surface area contributed by atoms with Gasteiger partial charge in [-0.25, -0.2) is 0 Å². The molecule has 0 amide bonds. The Morgan fingerprint density at radius 2 is 2.00 bits per heavy atom. The highest BCUT2D eigenvalue weighted by molar-refractivity contribution is 7.71. The summed E-state index contributed by atoms with van der Waals surface area (Å²) < 4.78 is 13.2. The van der Waals surface area contributed by atoms with E-state index in [0.29, 0.717) is 5.69 Å². The molecule has 0 bridgehead atoms. The maximum absolute atomic E-state index is 12.1. The lowest BCUT2D eigenvalue weighted by Gasteiger charge is -2.11. The fourth-order valence-electron chi connectivity index (χ4n) is 1.65. The minimum Gasteiger partial charge on any atom is -0.398 e. The minimum atomic E-state index is -2.29. The Hall–Kier alpha value is -0.790. The summed E-state index contributed by atoms with van der Waals surface area (Å²) in [7, 11) is -2.29. The Labute approximate surface area is 87.1 Å². The smallest absolute Gasteiger partial charge is 0.112 e. The number of nitrogens with two attached hydrogens (primary N) is 1. The molecule has 74 valence electrons. The molecule has 2 nitrogen and oxygen atoms in total. The second-order valence-electron chi connectivity index (χ2n) is 3.69. The Balaban J connectivity index is 2.91. The van der Waals surface area contributed by atoms with Crippen LogP contribution in [-0.4, -0.2) is 13.3 Å². The summed E-state index contributed by atoms with van der Waals surface area (Å²) in [5.74, 6) is 0. The van der Waals surface area contributed by atoms with E-state index in [1.54, 1.807) is 24.7 Å². The number of hydrogen-bond donors (Lipinski definition) is 1. The number of benzene rings is 1. The van der Waals surface area contributed by atoms with Crippen LogP contribution in [0.5, 0.6) is 0 Å². The average Bonchev–Trinajstić information content (AvgIpc) is 2.48. The van der Waals surface area contributed by atoms with Crippen molar-refractivity contribution in [3.8, 4) is 0 Å². The Morgan fingerprint density at radius 3 is 2.64 bits per heavy atom. The molecule has 1 aromatic heterocycles. The lowest BCUT2D eigenvalue weighted by molar-refractivity contribution is 0.588. The highest BCUT2D eigenvalue weighted by Gasteiger charge is 2.18. The Kier molecular flexibility index (Phi) is 2.17. The third-order valence-electron chi connectivity index (χ3n) is 2.18. The number of hydrogen-bond acceptors (Lipinski definition) is 3. The van der Waals surface area contributed by atoms with Gasteiger partial charge in [0.2, 0.25) is 0 Å². The number of anilines is 1. The summed E-state index contributed by atoms with van der Waals surface area (Å²) in [4.78, 5) is 0. The standard InChI is InChI=1S/C10H12NOPS/c1-13(2,12)10-7-5-6-14-9(7)4-3-8(10)11/h3-6H,11H2,1-2H3. The van der Waals surface area contributed by atoms with Gasteiger partial charge in [0.25, 0.3) is 0 Å². The van der Waals surface area contributed by atoms with E-state index in [1.165, 1.54) is 0 Å². The molecule has 0 radical (unpaired) electrons. The molecule has 2 rings (SSSR count). The van der Waals surface area contributed by atoms with Crippen LogP contribution in [-0.2, 0) is 4.57 Å². The van der Waals surface area contributed by atoms with Crippen molar-refractivity contribution in [3.63, 3.8) is 0 Å². The summed E-state index contributed by atoms with van der Waals surface area (Å²) >= 11 is 1.65. The van der Waals surface area contributed by atoms with Crippen molar-refractivity contribution in [2.45, 2.75) is 0 Å². The summed E-state index contributed by atoms with van der Waals surface area (Å²) in [5.41, 5.74) is 6.51. The Bertz CT molecular complexity index is 526. The van der Waals surface area contributed by atoms with E-state index >= 15 is 0 Å². The number of fused-ring (bicyclic) bond motifs is 1. The van der Waals surface area contributed by atoms with Crippen LogP contribution in [0.2, 0.25) is 0 Å². The van der Waals surface area contributed by atoms with Crippen molar-refractivity contribution >= 4 is 39.6 Å². The first-order valence-electron chi connectivity index (χ1n) is 4.31. The lowest BCUT2D eigenvalue weighted by Crippen LogP contribution is -2.10. The molecule has 1 heterocycles. The molecule has 0 spiro atoms. The van der Waals surface area contributed by atoms with E-state index in [0.717, 1.165) is 15.4 Å². The van der Waals surface area contributed by atoms with Gasteiger partial charge in [0, 0.05) is 21.1 Å². The van der Waals surface area contributed by atoms with Gasteiger partial charge in [-0.3, -0.25) is 0 Å². The van der Waals surface area contributed by atoms with Crippen LogP contribution in [0, 0.1) is 0 Å². The van der Waals surface area contributed by atoms with Crippen LogP contribution in [0.25, 0.3) is 10.1 Å². The van der Waals surface area contributed by atoms with Gasteiger partial charge in [0.05, 0.1) is 0 Å². The first kappa shape index (κ1) is 9.75. The van der Waals surface area contributed by atoms with Gasteiger partial charge in [-0.05, 0) is 36.9 Å². The zero-order valence-electron chi connectivity index (χ0n) is 8.15. The van der Waals surface area contributed by atoms with E-state index in [-0.39, 0.29) is 0 Å².